The van der Waals surface area contributed by atoms with E-state index in [0.29, 0.717) is 13.1 Å². The van der Waals surface area contributed by atoms with Crippen LogP contribution in [0.3, 0.4) is 0 Å². The van der Waals surface area contributed by atoms with Crippen LogP contribution in [-0.2, 0) is 16.1 Å². The van der Waals surface area contributed by atoms with E-state index in [-0.39, 0.29) is 24.7 Å². The topological polar surface area (TPSA) is 67.6 Å². The number of likely N-dealkylation sites (tertiary alicyclic amines) is 1. The first kappa shape index (κ1) is 14.0. The van der Waals surface area contributed by atoms with E-state index in [1.165, 1.54) is 0 Å². The molecule has 1 aromatic heterocycles. The summed E-state index contributed by atoms with van der Waals surface area (Å²) in [5.41, 5.74) is 0. The van der Waals surface area contributed by atoms with Crippen molar-refractivity contribution in [2.75, 3.05) is 13.1 Å². The fraction of sp³-hybridized carbons (Fsp3) is 0.692. The molecular weight excluding hydrogens is 246 g/mol. The molecule has 1 aliphatic rings. The van der Waals surface area contributed by atoms with Gasteiger partial charge in [-0.15, -0.1) is 0 Å². The van der Waals surface area contributed by atoms with Crippen LogP contribution in [0, 0.1) is 6.92 Å². The SMILES string of the molecule is Cc1nccn1CC(=O)N1C[C@H](OC(C)C)[C@@H](O)C1. The number of aliphatic hydroxyl groups excluding tert-OH is 1. The predicted octanol–water partition coefficient (Wildman–Crippen LogP) is 0.188. The number of β-amino-alcohol motifs (C(OH)–C–C–N with tert-alkyl or cyclic N) is 1. The van der Waals surface area contributed by atoms with Crippen molar-refractivity contribution < 1.29 is 14.6 Å². The molecule has 2 heterocycles. The first-order chi connectivity index (χ1) is 8.97. The molecule has 6 nitrogen and oxygen atoms in total. The molecule has 6 heteroatoms. The number of carbonyl (C=O) groups excluding carboxylic acids is 1. The maximum atomic E-state index is 12.2. The van der Waals surface area contributed by atoms with Gasteiger partial charge in [-0.05, 0) is 20.8 Å². The molecule has 1 fully saturated rings. The second-order valence-electron chi connectivity index (χ2n) is 5.19. The molecule has 1 aromatic rings. The number of carbonyl (C=O) groups is 1. The van der Waals surface area contributed by atoms with Gasteiger partial charge in [0.2, 0.25) is 5.91 Å². The van der Waals surface area contributed by atoms with Gasteiger partial charge in [-0.25, -0.2) is 4.98 Å². The molecule has 19 heavy (non-hydrogen) atoms. The van der Waals surface area contributed by atoms with Crippen LogP contribution >= 0.6 is 0 Å². The molecule has 1 N–H and O–H groups in total. The summed E-state index contributed by atoms with van der Waals surface area (Å²) in [4.78, 5) is 17.9. The Balaban J connectivity index is 1.93. The van der Waals surface area contributed by atoms with Gasteiger partial charge in [0.15, 0.2) is 0 Å². The molecule has 0 aromatic carbocycles. The molecule has 0 aliphatic carbocycles. The maximum Gasteiger partial charge on any atom is 0.242 e. The quantitative estimate of drug-likeness (QED) is 0.845. The minimum Gasteiger partial charge on any atom is -0.388 e. The van der Waals surface area contributed by atoms with Gasteiger partial charge >= 0.3 is 0 Å². The van der Waals surface area contributed by atoms with Crippen molar-refractivity contribution in [3.05, 3.63) is 18.2 Å². The molecular formula is C13H21N3O3. The van der Waals surface area contributed by atoms with E-state index in [4.69, 9.17) is 4.74 Å². The van der Waals surface area contributed by atoms with Crippen LogP contribution < -0.4 is 0 Å². The number of hydrogen-bond donors (Lipinski definition) is 1. The summed E-state index contributed by atoms with van der Waals surface area (Å²) in [5.74, 6) is 0.790. The average molecular weight is 267 g/mol. The van der Waals surface area contributed by atoms with Gasteiger partial charge in [0.1, 0.15) is 18.5 Å². The van der Waals surface area contributed by atoms with Crippen LogP contribution in [0.2, 0.25) is 0 Å². The summed E-state index contributed by atoms with van der Waals surface area (Å²) < 4.78 is 7.40. The van der Waals surface area contributed by atoms with E-state index in [2.05, 4.69) is 4.98 Å². The average Bonchev–Trinajstić information content (AvgIpc) is 2.87. The van der Waals surface area contributed by atoms with E-state index in [0.717, 1.165) is 5.82 Å². The van der Waals surface area contributed by atoms with Gasteiger partial charge in [0, 0.05) is 25.5 Å². The number of rotatable bonds is 4. The summed E-state index contributed by atoms with van der Waals surface area (Å²) in [7, 11) is 0. The molecule has 1 amide bonds. The van der Waals surface area contributed by atoms with Crippen LogP contribution in [0.4, 0.5) is 0 Å². The Hall–Kier alpha value is -1.40. The summed E-state index contributed by atoms with van der Waals surface area (Å²) in [6, 6.07) is 0. The summed E-state index contributed by atoms with van der Waals surface area (Å²) in [5, 5.41) is 9.90. The lowest BCUT2D eigenvalue weighted by Gasteiger charge is -2.18. The largest absolute Gasteiger partial charge is 0.388 e. The highest BCUT2D eigenvalue weighted by molar-refractivity contribution is 5.76. The molecule has 1 saturated heterocycles. The van der Waals surface area contributed by atoms with Gasteiger partial charge in [-0.1, -0.05) is 0 Å². The highest BCUT2D eigenvalue weighted by atomic mass is 16.5. The molecule has 0 unspecified atom stereocenters. The zero-order chi connectivity index (χ0) is 14.0. The third-order valence-corrected chi connectivity index (χ3v) is 3.27. The molecule has 0 saturated carbocycles. The zero-order valence-electron chi connectivity index (χ0n) is 11.6. The van der Waals surface area contributed by atoms with Crippen molar-refractivity contribution in [2.24, 2.45) is 0 Å². The van der Waals surface area contributed by atoms with Crippen molar-refractivity contribution >= 4 is 5.91 Å². The fourth-order valence-electron chi connectivity index (χ4n) is 2.26. The summed E-state index contributed by atoms with van der Waals surface area (Å²) in [6.45, 7) is 6.75. The Kier molecular flexibility index (Phi) is 4.21. The van der Waals surface area contributed by atoms with Crippen molar-refractivity contribution in [1.82, 2.24) is 14.5 Å². The second kappa shape index (κ2) is 5.71. The third-order valence-electron chi connectivity index (χ3n) is 3.27. The Morgan fingerprint density at radius 3 is 2.89 bits per heavy atom. The van der Waals surface area contributed by atoms with Gasteiger partial charge in [0.25, 0.3) is 0 Å². The molecule has 2 rings (SSSR count). The number of imidazole rings is 1. The fourth-order valence-corrected chi connectivity index (χ4v) is 2.26. The van der Waals surface area contributed by atoms with Crippen LogP contribution in [0.5, 0.6) is 0 Å². The number of ether oxygens (including phenoxy) is 1. The van der Waals surface area contributed by atoms with Crippen molar-refractivity contribution in [2.45, 2.75) is 45.6 Å². The highest BCUT2D eigenvalue weighted by Gasteiger charge is 2.35. The lowest BCUT2D eigenvalue weighted by atomic mass is 10.2. The van der Waals surface area contributed by atoms with Crippen LogP contribution in [-0.4, -0.2) is 56.9 Å². The number of aryl methyl sites for hydroxylation is 1. The van der Waals surface area contributed by atoms with Crippen molar-refractivity contribution in [3.8, 4) is 0 Å². The third kappa shape index (κ3) is 3.33. The molecule has 0 spiro atoms. The predicted molar refractivity (Wildman–Crippen MR) is 69.6 cm³/mol. The Bertz CT molecular complexity index is 444. The Morgan fingerprint density at radius 2 is 2.32 bits per heavy atom. The monoisotopic (exact) mass is 267 g/mol. The van der Waals surface area contributed by atoms with Gasteiger partial charge < -0.3 is 19.3 Å². The zero-order valence-corrected chi connectivity index (χ0v) is 11.6. The van der Waals surface area contributed by atoms with E-state index in [9.17, 15) is 9.90 Å². The van der Waals surface area contributed by atoms with Gasteiger partial charge in [-0.3, -0.25) is 4.79 Å². The molecule has 2 atom stereocenters. The van der Waals surface area contributed by atoms with E-state index in [1.807, 2.05) is 20.8 Å². The van der Waals surface area contributed by atoms with E-state index in [1.54, 1.807) is 21.9 Å². The minimum absolute atomic E-state index is 0.0185. The standard InChI is InChI=1S/C13H21N3O3/c1-9(2)19-12-7-16(6-11(12)17)13(18)8-15-5-4-14-10(15)3/h4-5,9,11-12,17H,6-8H2,1-3H3/t11-,12-/m0/s1. The van der Waals surface area contributed by atoms with Gasteiger partial charge in [-0.2, -0.15) is 0 Å². The van der Waals surface area contributed by atoms with Crippen LogP contribution in [0.15, 0.2) is 12.4 Å². The maximum absolute atomic E-state index is 12.2. The van der Waals surface area contributed by atoms with Crippen molar-refractivity contribution in [1.29, 1.82) is 0 Å². The second-order valence-corrected chi connectivity index (χ2v) is 5.19. The normalized spacial score (nSPS) is 23.3. The Morgan fingerprint density at radius 1 is 1.58 bits per heavy atom. The van der Waals surface area contributed by atoms with Crippen LogP contribution in [0.1, 0.15) is 19.7 Å². The Labute approximate surface area is 113 Å². The van der Waals surface area contributed by atoms with Crippen LogP contribution in [0.25, 0.3) is 0 Å². The van der Waals surface area contributed by atoms with E-state index >= 15 is 0 Å². The van der Waals surface area contributed by atoms with E-state index < -0.39 is 6.10 Å². The molecule has 0 bridgehead atoms. The summed E-state index contributed by atoms with van der Waals surface area (Å²) >= 11 is 0. The molecule has 0 radical (unpaired) electrons. The summed E-state index contributed by atoms with van der Waals surface area (Å²) in [6.07, 6.45) is 2.61. The molecule has 106 valence electrons. The smallest absolute Gasteiger partial charge is 0.242 e. The minimum atomic E-state index is -0.602. The molecule has 1 aliphatic heterocycles. The number of hydrogen-bond acceptors (Lipinski definition) is 4. The van der Waals surface area contributed by atoms with Crippen molar-refractivity contribution in [3.63, 3.8) is 0 Å². The lowest BCUT2D eigenvalue weighted by molar-refractivity contribution is -0.131. The first-order valence-electron chi connectivity index (χ1n) is 6.56. The first-order valence-corrected chi connectivity index (χ1v) is 6.56. The number of nitrogens with zero attached hydrogens (tertiary/aromatic N) is 3. The number of aromatic nitrogens is 2. The van der Waals surface area contributed by atoms with Gasteiger partial charge in [0.05, 0.1) is 12.2 Å². The number of aliphatic hydroxyl groups is 1. The lowest BCUT2D eigenvalue weighted by Crippen LogP contribution is -2.33. The highest BCUT2D eigenvalue weighted by Crippen LogP contribution is 2.16. The number of amides is 1.